The van der Waals surface area contributed by atoms with Crippen LogP contribution in [0.3, 0.4) is 0 Å². The van der Waals surface area contributed by atoms with Crippen molar-refractivity contribution in [1.82, 2.24) is 0 Å². The molecule has 3 nitrogen and oxygen atoms in total. The maximum atomic E-state index is 6.20. The molecule has 0 amide bonds. The highest BCUT2D eigenvalue weighted by Gasteiger charge is 2.09. The number of ether oxygens (including phenoxy) is 2. The Morgan fingerprint density at radius 3 is 2.54 bits per heavy atom. The maximum absolute atomic E-state index is 6.20. The van der Waals surface area contributed by atoms with E-state index in [9.17, 15) is 0 Å². The molecule has 0 aliphatic rings. The highest BCUT2D eigenvalue weighted by molar-refractivity contribution is 6.32. The van der Waals surface area contributed by atoms with Gasteiger partial charge in [0.05, 0.1) is 18.7 Å². The number of hydrogen-bond acceptors (Lipinski definition) is 3. The first-order valence-corrected chi connectivity index (χ1v) is 8.31. The first kappa shape index (κ1) is 16.5. The number of benzene rings is 3. The molecule has 0 spiro atoms. The summed E-state index contributed by atoms with van der Waals surface area (Å²) in [5.41, 5.74) is 2.08. The minimum Gasteiger partial charge on any atom is -0.495 e. The van der Waals surface area contributed by atoms with Gasteiger partial charge in [0.1, 0.15) is 11.5 Å². The highest BCUT2D eigenvalue weighted by atomic mass is 35.5. The summed E-state index contributed by atoms with van der Waals surface area (Å²) in [5.74, 6) is 1.57. The Bertz CT molecular complexity index is 848. The van der Waals surface area contributed by atoms with E-state index in [0.29, 0.717) is 23.9 Å². The van der Waals surface area contributed by atoms with Crippen molar-refractivity contribution in [2.45, 2.75) is 13.5 Å². The van der Waals surface area contributed by atoms with Crippen LogP contribution in [-0.4, -0.2) is 13.7 Å². The van der Waals surface area contributed by atoms with Gasteiger partial charge in [0.25, 0.3) is 0 Å². The van der Waals surface area contributed by atoms with Gasteiger partial charge in [0.2, 0.25) is 0 Å². The van der Waals surface area contributed by atoms with Gasteiger partial charge in [-0.15, -0.1) is 0 Å². The molecule has 0 fully saturated rings. The molecule has 3 aromatic carbocycles. The van der Waals surface area contributed by atoms with Crippen molar-refractivity contribution >= 4 is 28.1 Å². The largest absolute Gasteiger partial charge is 0.495 e. The Morgan fingerprint density at radius 1 is 1.00 bits per heavy atom. The van der Waals surface area contributed by atoms with Crippen LogP contribution in [0.15, 0.2) is 54.6 Å². The minimum absolute atomic E-state index is 0.588. The third-order valence-electron chi connectivity index (χ3n) is 3.92. The van der Waals surface area contributed by atoms with Gasteiger partial charge in [-0.05, 0) is 42.0 Å². The van der Waals surface area contributed by atoms with E-state index in [1.165, 1.54) is 10.8 Å². The molecule has 0 aromatic heterocycles. The number of rotatable bonds is 6. The van der Waals surface area contributed by atoms with Crippen molar-refractivity contribution < 1.29 is 9.47 Å². The Labute approximate surface area is 147 Å². The van der Waals surface area contributed by atoms with Gasteiger partial charge in [0, 0.05) is 17.8 Å². The van der Waals surface area contributed by atoms with Crippen LogP contribution < -0.4 is 14.8 Å². The lowest BCUT2D eigenvalue weighted by Gasteiger charge is -2.15. The topological polar surface area (TPSA) is 30.5 Å². The predicted molar refractivity (Wildman–Crippen MR) is 100 cm³/mol. The van der Waals surface area contributed by atoms with Crippen LogP contribution in [-0.2, 0) is 6.54 Å². The van der Waals surface area contributed by atoms with Crippen molar-refractivity contribution in [3.63, 3.8) is 0 Å². The molecule has 0 saturated heterocycles. The van der Waals surface area contributed by atoms with Crippen LogP contribution in [0.25, 0.3) is 10.8 Å². The summed E-state index contributed by atoms with van der Waals surface area (Å²) in [6.45, 7) is 3.29. The minimum atomic E-state index is 0.588. The summed E-state index contributed by atoms with van der Waals surface area (Å²) in [5, 5.41) is 6.40. The lowest BCUT2D eigenvalue weighted by molar-refractivity contribution is 0.337. The zero-order valence-electron chi connectivity index (χ0n) is 13.8. The molecular weight excluding hydrogens is 322 g/mol. The number of fused-ring (bicyclic) bond motifs is 1. The molecule has 0 radical (unpaired) electrons. The number of methoxy groups -OCH3 is 1. The fourth-order valence-corrected chi connectivity index (χ4v) is 3.01. The summed E-state index contributed by atoms with van der Waals surface area (Å²) < 4.78 is 11.0. The average molecular weight is 342 g/mol. The van der Waals surface area contributed by atoms with Gasteiger partial charge in [-0.2, -0.15) is 0 Å². The van der Waals surface area contributed by atoms with Gasteiger partial charge >= 0.3 is 0 Å². The normalized spacial score (nSPS) is 10.6. The van der Waals surface area contributed by atoms with E-state index in [1.807, 2.05) is 43.3 Å². The fraction of sp³-hybridized carbons (Fsp3) is 0.200. The van der Waals surface area contributed by atoms with E-state index < -0.39 is 0 Å². The Kier molecular flexibility index (Phi) is 5.11. The molecule has 4 heteroatoms. The Morgan fingerprint density at radius 2 is 1.79 bits per heavy atom. The van der Waals surface area contributed by atoms with Gasteiger partial charge in [0.15, 0.2) is 0 Å². The van der Waals surface area contributed by atoms with Crippen LogP contribution in [0.4, 0.5) is 5.69 Å². The Hall–Kier alpha value is -2.39. The molecule has 0 aliphatic carbocycles. The molecule has 0 aliphatic heterocycles. The smallest absolute Gasteiger partial charge is 0.137 e. The van der Waals surface area contributed by atoms with E-state index in [2.05, 4.69) is 23.5 Å². The standard InChI is InChI=1S/C20H20ClNO2/c1-3-24-19-10-8-14-6-4-5-7-16(14)17(19)13-22-15-9-11-20(23-2)18(21)12-15/h4-12,22H,3,13H2,1-2H3. The first-order chi connectivity index (χ1) is 11.7. The molecule has 0 atom stereocenters. The third kappa shape index (κ3) is 3.41. The average Bonchev–Trinajstić information content (AvgIpc) is 2.61. The molecule has 0 heterocycles. The molecule has 0 bridgehead atoms. The molecule has 24 heavy (non-hydrogen) atoms. The predicted octanol–water partition coefficient (Wildman–Crippen LogP) is 5.51. The third-order valence-corrected chi connectivity index (χ3v) is 4.21. The first-order valence-electron chi connectivity index (χ1n) is 7.93. The number of anilines is 1. The van der Waals surface area contributed by atoms with Crippen molar-refractivity contribution in [3.8, 4) is 11.5 Å². The van der Waals surface area contributed by atoms with Gasteiger partial charge in [-0.25, -0.2) is 0 Å². The Balaban J connectivity index is 1.91. The summed E-state index contributed by atoms with van der Waals surface area (Å²) in [6, 6.07) is 18.1. The van der Waals surface area contributed by atoms with Crippen molar-refractivity contribution in [2.24, 2.45) is 0 Å². The number of hydrogen-bond donors (Lipinski definition) is 1. The fourth-order valence-electron chi connectivity index (χ4n) is 2.76. The van der Waals surface area contributed by atoms with Crippen LogP contribution >= 0.6 is 11.6 Å². The SMILES string of the molecule is CCOc1ccc2ccccc2c1CNc1ccc(OC)c(Cl)c1. The number of nitrogens with one attached hydrogen (secondary N) is 1. The summed E-state index contributed by atoms with van der Waals surface area (Å²) in [6.07, 6.45) is 0. The van der Waals surface area contributed by atoms with E-state index in [4.69, 9.17) is 21.1 Å². The molecule has 0 unspecified atom stereocenters. The number of halogens is 1. The van der Waals surface area contributed by atoms with Gasteiger partial charge in [-0.3, -0.25) is 0 Å². The monoisotopic (exact) mass is 341 g/mol. The molecule has 1 N–H and O–H groups in total. The van der Waals surface area contributed by atoms with Gasteiger partial charge in [-0.1, -0.05) is 41.9 Å². The molecule has 124 valence electrons. The molecular formula is C20H20ClNO2. The second-order valence-corrected chi connectivity index (χ2v) is 5.81. The van der Waals surface area contributed by atoms with Crippen LogP contribution in [0.5, 0.6) is 11.5 Å². The quantitative estimate of drug-likeness (QED) is 0.641. The molecule has 3 rings (SSSR count). The van der Waals surface area contributed by atoms with Crippen molar-refractivity contribution in [2.75, 3.05) is 19.0 Å². The maximum Gasteiger partial charge on any atom is 0.137 e. The van der Waals surface area contributed by atoms with E-state index in [1.54, 1.807) is 7.11 Å². The van der Waals surface area contributed by atoms with Crippen LogP contribution in [0.1, 0.15) is 12.5 Å². The second-order valence-electron chi connectivity index (χ2n) is 5.40. The van der Waals surface area contributed by atoms with Crippen molar-refractivity contribution in [1.29, 1.82) is 0 Å². The zero-order valence-corrected chi connectivity index (χ0v) is 14.6. The molecule has 3 aromatic rings. The summed E-state index contributed by atoms with van der Waals surface area (Å²) in [4.78, 5) is 0. The molecule has 0 saturated carbocycles. The lowest BCUT2D eigenvalue weighted by Crippen LogP contribution is -2.04. The van der Waals surface area contributed by atoms with Gasteiger partial charge < -0.3 is 14.8 Å². The van der Waals surface area contributed by atoms with Crippen molar-refractivity contribution in [3.05, 3.63) is 65.2 Å². The highest BCUT2D eigenvalue weighted by Crippen LogP contribution is 2.31. The van der Waals surface area contributed by atoms with E-state index in [-0.39, 0.29) is 0 Å². The second kappa shape index (κ2) is 7.45. The van der Waals surface area contributed by atoms with E-state index >= 15 is 0 Å². The van der Waals surface area contributed by atoms with Crippen LogP contribution in [0, 0.1) is 0 Å². The van der Waals surface area contributed by atoms with Crippen LogP contribution in [0.2, 0.25) is 5.02 Å². The lowest BCUT2D eigenvalue weighted by atomic mass is 10.0. The summed E-state index contributed by atoms with van der Waals surface area (Å²) >= 11 is 6.20. The zero-order chi connectivity index (χ0) is 16.9. The van der Waals surface area contributed by atoms with E-state index in [0.717, 1.165) is 17.0 Å². The summed E-state index contributed by atoms with van der Waals surface area (Å²) in [7, 11) is 1.61.